The first-order chi connectivity index (χ1) is 8.24. The van der Waals surface area contributed by atoms with Gasteiger partial charge in [0.25, 0.3) is 0 Å². The molecule has 0 amide bonds. The van der Waals surface area contributed by atoms with Crippen molar-refractivity contribution in [2.75, 3.05) is 0 Å². The minimum Gasteiger partial charge on any atom is -0.415 e. The average molecular weight is 261 g/mol. The van der Waals surface area contributed by atoms with Crippen molar-refractivity contribution in [3.63, 3.8) is 0 Å². The Kier molecular flexibility index (Phi) is 4.72. The predicted molar refractivity (Wildman–Crippen MR) is 78.1 cm³/mol. The zero-order chi connectivity index (χ0) is 13.8. The molecule has 0 aliphatic carbocycles. The Morgan fingerprint density at radius 2 is 1.89 bits per heavy atom. The highest BCUT2D eigenvalue weighted by molar-refractivity contribution is 6.31. The molecular formula is C15H23NOSi. The molecule has 98 valence electrons. The topological polar surface area (TPSA) is 33.0 Å². The molecule has 0 saturated carbocycles. The second-order valence-electron chi connectivity index (χ2n) is 6.39. The summed E-state index contributed by atoms with van der Waals surface area (Å²) in [5.41, 5.74) is 1.96. The monoisotopic (exact) mass is 261 g/mol. The summed E-state index contributed by atoms with van der Waals surface area (Å²) in [7, 11) is -0.587. The van der Waals surface area contributed by atoms with Gasteiger partial charge >= 0.3 is 0 Å². The first kappa shape index (κ1) is 14.9. The summed E-state index contributed by atoms with van der Waals surface area (Å²) >= 11 is 0. The van der Waals surface area contributed by atoms with Crippen molar-refractivity contribution in [2.45, 2.75) is 51.7 Å². The van der Waals surface area contributed by atoms with Gasteiger partial charge in [0.1, 0.15) is 0 Å². The van der Waals surface area contributed by atoms with Crippen LogP contribution in [0, 0.1) is 11.3 Å². The molecule has 0 atom stereocenters. The van der Waals surface area contributed by atoms with Gasteiger partial charge in [-0.3, -0.25) is 0 Å². The lowest BCUT2D eigenvalue weighted by atomic mass is 9.96. The van der Waals surface area contributed by atoms with Crippen molar-refractivity contribution in [3.05, 3.63) is 35.4 Å². The zero-order valence-corrected chi connectivity index (χ0v) is 13.5. The van der Waals surface area contributed by atoms with E-state index in [0.29, 0.717) is 11.5 Å². The summed E-state index contributed by atoms with van der Waals surface area (Å²) in [6.45, 7) is 10.9. The fraction of sp³-hybridized carbons (Fsp3) is 0.533. The molecule has 2 nitrogen and oxygen atoms in total. The third-order valence-electron chi connectivity index (χ3n) is 2.77. The van der Waals surface area contributed by atoms with Gasteiger partial charge in [-0.05, 0) is 30.0 Å². The standard InChI is InChI=1S/C15H23NOSi/c1-14(2,3)18-17-15(4,5)13-8-6-7-12(11-13)9-10-16/h6-8,11H,9,18H2,1-5H3. The SMILES string of the molecule is CC(C)(C)[SiH2]OC(C)(C)c1cccc(CC#N)c1. The molecule has 1 aromatic carbocycles. The smallest absolute Gasteiger partial charge is 0.168 e. The summed E-state index contributed by atoms with van der Waals surface area (Å²) in [5.74, 6) is 0. The molecule has 0 aliphatic heterocycles. The average Bonchev–Trinajstić information content (AvgIpc) is 2.27. The van der Waals surface area contributed by atoms with Gasteiger partial charge < -0.3 is 4.43 Å². The normalized spacial score (nSPS) is 12.9. The number of rotatable bonds is 4. The number of hydrogen-bond acceptors (Lipinski definition) is 2. The highest BCUT2D eigenvalue weighted by Gasteiger charge is 2.24. The maximum atomic E-state index is 8.75. The first-order valence-corrected chi connectivity index (χ1v) is 7.63. The van der Waals surface area contributed by atoms with Crippen LogP contribution in [0.25, 0.3) is 0 Å². The van der Waals surface area contributed by atoms with Crippen LogP contribution in [0.15, 0.2) is 24.3 Å². The third-order valence-corrected chi connectivity index (χ3v) is 4.50. The van der Waals surface area contributed by atoms with E-state index in [4.69, 9.17) is 9.69 Å². The molecule has 0 heterocycles. The maximum absolute atomic E-state index is 8.75. The minimum atomic E-state index is -0.587. The van der Waals surface area contributed by atoms with Crippen molar-refractivity contribution in [1.29, 1.82) is 5.26 Å². The van der Waals surface area contributed by atoms with Crippen molar-refractivity contribution in [3.8, 4) is 6.07 Å². The van der Waals surface area contributed by atoms with Crippen LogP contribution in [0.3, 0.4) is 0 Å². The van der Waals surface area contributed by atoms with Crippen LogP contribution in [0.4, 0.5) is 0 Å². The summed E-state index contributed by atoms with van der Waals surface area (Å²) in [6.07, 6.45) is 0.459. The molecule has 3 heteroatoms. The van der Waals surface area contributed by atoms with Gasteiger partial charge in [-0.25, -0.2) is 0 Å². The van der Waals surface area contributed by atoms with Gasteiger partial charge in [-0.2, -0.15) is 5.26 Å². The van der Waals surface area contributed by atoms with Gasteiger partial charge in [0.15, 0.2) is 9.76 Å². The lowest BCUT2D eigenvalue weighted by Gasteiger charge is -2.30. The van der Waals surface area contributed by atoms with Gasteiger partial charge in [-0.15, -0.1) is 0 Å². The lowest BCUT2D eigenvalue weighted by molar-refractivity contribution is 0.109. The van der Waals surface area contributed by atoms with Crippen molar-refractivity contribution in [1.82, 2.24) is 0 Å². The van der Waals surface area contributed by atoms with E-state index in [2.05, 4.69) is 52.8 Å². The van der Waals surface area contributed by atoms with Crippen LogP contribution in [0.1, 0.15) is 45.7 Å². The van der Waals surface area contributed by atoms with E-state index in [-0.39, 0.29) is 5.60 Å². The Balaban J connectivity index is 2.84. The molecule has 0 N–H and O–H groups in total. The van der Waals surface area contributed by atoms with Crippen LogP contribution >= 0.6 is 0 Å². The Morgan fingerprint density at radius 3 is 2.44 bits per heavy atom. The van der Waals surface area contributed by atoms with Gasteiger partial charge in [0, 0.05) is 0 Å². The summed E-state index contributed by atoms with van der Waals surface area (Å²) in [4.78, 5) is 0. The predicted octanol–water partition coefficient (Wildman–Crippen LogP) is 3.31. The van der Waals surface area contributed by atoms with Crippen molar-refractivity contribution in [2.24, 2.45) is 0 Å². The quantitative estimate of drug-likeness (QED) is 0.779. The molecule has 0 unspecified atom stereocenters. The molecule has 0 bridgehead atoms. The van der Waals surface area contributed by atoms with Gasteiger partial charge in [-0.1, -0.05) is 45.0 Å². The molecule has 1 rings (SSSR count). The summed E-state index contributed by atoms with van der Waals surface area (Å²) in [6, 6.07) is 10.3. The summed E-state index contributed by atoms with van der Waals surface area (Å²) in [5, 5.41) is 9.04. The molecule has 1 aromatic rings. The summed E-state index contributed by atoms with van der Waals surface area (Å²) < 4.78 is 6.17. The van der Waals surface area contributed by atoms with Crippen LogP contribution in [0.2, 0.25) is 5.04 Å². The molecule has 0 aromatic heterocycles. The molecule has 0 spiro atoms. The Labute approximate surface area is 113 Å². The largest absolute Gasteiger partial charge is 0.415 e. The van der Waals surface area contributed by atoms with E-state index < -0.39 is 9.76 Å². The maximum Gasteiger partial charge on any atom is 0.168 e. The Hall–Kier alpha value is -1.11. The molecule has 0 fully saturated rings. The van der Waals surface area contributed by atoms with E-state index in [9.17, 15) is 0 Å². The van der Waals surface area contributed by atoms with Gasteiger partial charge in [0.05, 0.1) is 18.1 Å². The highest BCUT2D eigenvalue weighted by Crippen LogP contribution is 2.29. The molecule has 0 aliphatic rings. The van der Waals surface area contributed by atoms with Crippen LogP contribution in [-0.4, -0.2) is 9.76 Å². The number of nitrogens with zero attached hydrogens (tertiary/aromatic N) is 1. The van der Waals surface area contributed by atoms with E-state index in [1.807, 2.05) is 12.1 Å². The van der Waals surface area contributed by atoms with Crippen LogP contribution in [0.5, 0.6) is 0 Å². The molecule has 0 saturated heterocycles. The molecule has 18 heavy (non-hydrogen) atoms. The van der Waals surface area contributed by atoms with E-state index >= 15 is 0 Å². The molecule has 0 radical (unpaired) electrons. The fourth-order valence-electron chi connectivity index (χ4n) is 1.63. The number of hydrogen-bond donors (Lipinski definition) is 0. The first-order valence-electron chi connectivity index (χ1n) is 6.35. The second-order valence-corrected chi connectivity index (χ2v) is 9.09. The Bertz CT molecular complexity index is 441. The number of nitriles is 1. The van der Waals surface area contributed by atoms with E-state index in [1.165, 1.54) is 0 Å². The van der Waals surface area contributed by atoms with E-state index in [0.717, 1.165) is 11.1 Å². The highest BCUT2D eigenvalue weighted by atomic mass is 28.2. The Morgan fingerprint density at radius 1 is 1.22 bits per heavy atom. The molecular weight excluding hydrogens is 238 g/mol. The van der Waals surface area contributed by atoms with E-state index in [1.54, 1.807) is 0 Å². The number of benzene rings is 1. The van der Waals surface area contributed by atoms with Gasteiger partial charge in [0.2, 0.25) is 0 Å². The third kappa shape index (κ3) is 4.64. The fourth-order valence-corrected chi connectivity index (χ4v) is 2.59. The lowest BCUT2D eigenvalue weighted by Crippen LogP contribution is -2.27. The van der Waals surface area contributed by atoms with Crippen molar-refractivity contribution >= 4 is 9.76 Å². The minimum absolute atomic E-state index is 0.259. The zero-order valence-electron chi connectivity index (χ0n) is 12.1. The van der Waals surface area contributed by atoms with Crippen LogP contribution < -0.4 is 0 Å². The van der Waals surface area contributed by atoms with Crippen LogP contribution in [-0.2, 0) is 16.4 Å². The second kappa shape index (κ2) is 5.68. The van der Waals surface area contributed by atoms with Crippen molar-refractivity contribution < 1.29 is 4.43 Å².